The van der Waals surface area contributed by atoms with Crippen molar-refractivity contribution in [1.82, 2.24) is 14.5 Å². The van der Waals surface area contributed by atoms with Gasteiger partial charge >= 0.3 is 0 Å². The van der Waals surface area contributed by atoms with E-state index in [4.69, 9.17) is 4.74 Å². The van der Waals surface area contributed by atoms with E-state index in [0.717, 1.165) is 37.6 Å². The lowest BCUT2D eigenvalue weighted by atomic mass is 10.1. The molecule has 2 rings (SSSR count). The number of nitrogens with one attached hydrogen (secondary N) is 1. The first-order valence-corrected chi connectivity index (χ1v) is 9.79. The van der Waals surface area contributed by atoms with Crippen LogP contribution in [-0.4, -0.2) is 71.5 Å². The second-order valence-electron chi connectivity index (χ2n) is 6.35. The van der Waals surface area contributed by atoms with Crippen LogP contribution in [0.25, 0.3) is 0 Å². The van der Waals surface area contributed by atoms with Gasteiger partial charge in [0, 0.05) is 53.8 Å². The van der Waals surface area contributed by atoms with Crippen LogP contribution >= 0.6 is 24.0 Å². The Balaban J connectivity index is 0.00000338. The molecule has 0 aliphatic carbocycles. The molecule has 1 unspecified atom stereocenters. The second-order valence-corrected chi connectivity index (χ2v) is 8.47. The molecule has 0 radical (unpaired) electrons. The van der Waals surface area contributed by atoms with Crippen molar-refractivity contribution in [2.45, 2.75) is 17.9 Å². The van der Waals surface area contributed by atoms with Crippen molar-refractivity contribution in [2.24, 2.45) is 10.9 Å². The predicted octanol–water partition coefficient (Wildman–Crippen LogP) is 1.60. The lowest BCUT2D eigenvalue weighted by molar-refractivity contribution is 0.157. The van der Waals surface area contributed by atoms with Gasteiger partial charge in [-0.2, -0.15) is 0 Å². The van der Waals surface area contributed by atoms with Gasteiger partial charge in [-0.1, -0.05) is 18.2 Å². The summed E-state index contributed by atoms with van der Waals surface area (Å²) in [6.45, 7) is 2.97. The van der Waals surface area contributed by atoms with E-state index in [-0.39, 0.29) is 24.0 Å². The van der Waals surface area contributed by atoms with E-state index in [1.807, 2.05) is 12.1 Å². The minimum absolute atomic E-state index is 0. The molecule has 26 heavy (non-hydrogen) atoms. The fraction of sp³-hybridized carbons (Fsp3) is 0.588. The lowest BCUT2D eigenvalue weighted by Gasteiger charge is -2.22. The Hall–Kier alpha value is -0.910. The van der Waals surface area contributed by atoms with Gasteiger partial charge in [0.1, 0.15) is 0 Å². The van der Waals surface area contributed by atoms with Gasteiger partial charge in [-0.15, -0.1) is 24.0 Å². The van der Waals surface area contributed by atoms with Crippen LogP contribution in [0, 0.1) is 5.92 Å². The Morgan fingerprint density at radius 3 is 2.69 bits per heavy atom. The molecule has 1 aromatic carbocycles. The Bertz CT molecular complexity index is 710. The van der Waals surface area contributed by atoms with E-state index < -0.39 is 10.0 Å². The van der Waals surface area contributed by atoms with E-state index in [0.29, 0.717) is 17.4 Å². The molecule has 0 bridgehead atoms. The zero-order chi connectivity index (χ0) is 18.4. The van der Waals surface area contributed by atoms with Crippen LogP contribution < -0.4 is 5.32 Å². The predicted molar refractivity (Wildman–Crippen MR) is 114 cm³/mol. The fourth-order valence-electron chi connectivity index (χ4n) is 3.00. The topological polar surface area (TPSA) is 74.2 Å². The molecule has 0 saturated carbocycles. The van der Waals surface area contributed by atoms with Crippen LogP contribution in [0.1, 0.15) is 12.0 Å². The summed E-state index contributed by atoms with van der Waals surface area (Å²) in [7, 11) is 3.07. The summed E-state index contributed by atoms with van der Waals surface area (Å²) in [6, 6.07) is 7.05. The van der Waals surface area contributed by atoms with Crippen molar-refractivity contribution >= 4 is 40.0 Å². The fourth-order valence-corrected chi connectivity index (χ4v) is 4.12. The number of hydrogen-bond donors (Lipinski definition) is 1. The van der Waals surface area contributed by atoms with E-state index in [1.54, 1.807) is 40.4 Å². The number of sulfonamides is 1. The third kappa shape index (κ3) is 5.54. The first kappa shape index (κ1) is 23.1. The molecule has 0 spiro atoms. The van der Waals surface area contributed by atoms with E-state index in [1.165, 1.54) is 4.31 Å². The molecular formula is C17H29IN4O3S. The van der Waals surface area contributed by atoms with Crippen molar-refractivity contribution in [3.05, 3.63) is 29.8 Å². The van der Waals surface area contributed by atoms with Gasteiger partial charge in [0.05, 0.1) is 11.5 Å². The van der Waals surface area contributed by atoms with E-state index in [9.17, 15) is 8.42 Å². The minimum Gasteiger partial charge on any atom is -0.384 e. The first-order valence-electron chi connectivity index (χ1n) is 8.35. The molecule has 1 aromatic rings. The van der Waals surface area contributed by atoms with E-state index >= 15 is 0 Å². The Morgan fingerprint density at radius 2 is 2.08 bits per heavy atom. The number of halogens is 1. The van der Waals surface area contributed by atoms with Crippen LogP contribution in [0.4, 0.5) is 0 Å². The number of ether oxygens (including phenoxy) is 1. The van der Waals surface area contributed by atoms with Crippen LogP contribution in [-0.2, 0) is 21.3 Å². The Kier molecular flexibility index (Phi) is 9.28. The molecule has 1 saturated heterocycles. The molecule has 1 N–H and O–H groups in total. The zero-order valence-electron chi connectivity index (χ0n) is 15.8. The summed E-state index contributed by atoms with van der Waals surface area (Å²) in [5, 5.41) is 3.29. The summed E-state index contributed by atoms with van der Waals surface area (Å²) >= 11 is 0. The SMILES string of the molecule is CN=C(NCc1ccccc1S(=O)(=O)N(C)C)N1CCC(COC)C1.I. The molecule has 1 aliphatic heterocycles. The van der Waals surface area contributed by atoms with Crippen molar-refractivity contribution < 1.29 is 13.2 Å². The molecule has 0 aromatic heterocycles. The highest BCUT2D eigenvalue weighted by atomic mass is 127. The van der Waals surface area contributed by atoms with Gasteiger partial charge < -0.3 is 15.0 Å². The van der Waals surface area contributed by atoms with Crippen LogP contribution in [0.2, 0.25) is 0 Å². The number of methoxy groups -OCH3 is 1. The average molecular weight is 496 g/mol. The maximum Gasteiger partial charge on any atom is 0.242 e. The quantitative estimate of drug-likeness (QED) is 0.368. The van der Waals surface area contributed by atoms with Gasteiger partial charge in [0.15, 0.2) is 5.96 Å². The number of guanidine groups is 1. The second kappa shape index (κ2) is 10.4. The number of benzene rings is 1. The normalized spacial score (nSPS) is 18.1. The molecular weight excluding hydrogens is 467 g/mol. The van der Waals surface area contributed by atoms with Gasteiger partial charge in [-0.25, -0.2) is 12.7 Å². The van der Waals surface area contributed by atoms with Crippen LogP contribution in [0.5, 0.6) is 0 Å². The van der Waals surface area contributed by atoms with Crippen molar-refractivity contribution in [3.8, 4) is 0 Å². The smallest absolute Gasteiger partial charge is 0.242 e. The highest BCUT2D eigenvalue weighted by Crippen LogP contribution is 2.19. The highest BCUT2D eigenvalue weighted by Gasteiger charge is 2.25. The van der Waals surface area contributed by atoms with Crippen LogP contribution in [0.15, 0.2) is 34.2 Å². The largest absolute Gasteiger partial charge is 0.384 e. The average Bonchev–Trinajstić information content (AvgIpc) is 3.04. The third-order valence-corrected chi connectivity index (χ3v) is 6.28. The number of likely N-dealkylation sites (tertiary alicyclic amines) is 1. The molecule has 1 heterocycles. The minimum atomic E-state index is -3.47. The summed E-state index contributed by atoms with van der Waals surface area (Å²) in [6.07, 6.45) is 1.07. The number of nitrogens with zero attached hydrogens (tertiary/aromatic N) is 3. The lowest BCUT2D eigenvalue weighted by Crippen LogP contribution is -2.40. The van der Waals surface area contributed by atoms with Crippen LogP contribution in [0.3, 0.4) is 0 Å². The summed E-state index contributed by atoms with van der Waals surface area (Å²) in [4.78, 5) is 6.85. The van der Waals surface area contributed by atoms with Gasteiger partial charge in [0.2, 0.25) is 10.0 Å². The number of rotatable bonds is 6. The first-order chi connectivity index (χ1) is 11.9. The summed E-state index contributed by atoms with van der Waals surface area (Å²) in [5.74, 6) is 1.29. The van der Waals surface area contributed by atoms with Crippen molar-refractivity contribution in [1.29, 1.82) is 0 Å². The number of hydrogen-bond acceptors (Lipinski definition) is 4. The molecule has 1 atom stereocenters. The Morgan fingerprint density at radius 1 is 1.38 bits per heavy atom. The van der Waals surface area contributed by atoms with E-state index in [2.05, 4.69) is 15.2 Å². The number of aliphatic imine (C=N–C) groups is 1. The molecule has 148 valence electrons. The molecule has 9 heteroatoms. The standard InChI is InChI=1S/C17H28N4O3S.HI/c1-18-17(21-10-9-14(12-21)13-24-4)19-11-15-7-5-6-8-16(15)25(22,23)20(2)3;/h5-8,14H,9-13H2,1-4H3,(H,18,19);1H. The third-order valence-electron chi connectivity index (χ3n) is 4.37. The monoisotopic (exact) mass is 496 g/mol. The maximum atomic E-state index is 12.5. The van der Waals surface area contributed by atoms with Gasteiger partial charge in [-0.05, 0) is 18.1 Å². The molecule has 1 fully saturated rings. The molecule has 0 amide bonds. The Labute approximate surface area is 173 Å². The van der Waals surface area contributed by atoms with Crippen molar-refractivity contribution in [3.63, 3.8) is 0 Å². The summed E-state index contributed by atoms with van der Waals surface area (Å²) in [5.41, 5.74) is 0.727. The molecule has 7 nitrogen and oxygen atoms in total. The van der Waals surface area contributed by atoms with Gasteiger partial charge in [0.25, 0.3) is 0 Å². The molecule has 1 aliphatic rings. The van der Waals surface area contributed by atoms with Gasteiger partial charge in [-0.3, -0.25) is 4.99 Å². The summed E-state index contributed by atoms with van der Waals surface area (Å²) < 4.78 is 31.4. The highest BCUT2D eigenvalue weighted by molar-refractivity contribution is 14.0. The zero-order valence-corrected chi connectivity index (χ0v) is 19.0. The van der Waals surface area contributed by atoms with Crippen molar-refractivity contribution in [2.75, 3.05) is 47.9 Å². The maximum absolute atomic E-state index is 12.5.